The summed E-state index contributed by atoms with van der Waals surface area (Å²) in [5.41, 5.74) is 6.46. The van der Waals surface area contributed by atoms with Crippen LogP contribution in [0.2, 0.25) is 5.02 Å². The molecule has 0 heterocycles. The number of amides is 2. The lowest BCUT2D eigenvalue weighted by atomic mass is 10.2. The van der Waals surface area contributed by atoms with Gasteiger partial charge in [0.25, 0.3) is 0 Å². The molecule has 2 amide bonds. The van der Waals surface area contributed by atoms with Crippen LogP contribution in [0.15, 0.2) is 42.5 Å². The number of urea groups is 1. The second kappa shape index (κ2) is 6.51. The number of nitrogens with two attached hydrogens (primary N) is 1. The molecule has 21 heavy (non-hydrogen) atoms. The molecular formula is C14H11ClFN3OS. The minimum atomic E-state index is -0.625. The van der Waals surface area contributed by atoms with Crippen LogP contribution in [-0.4, -0.2) is 11.0 Å². The Morgan fingerprint density at radius 2 is 1.81 bits per heavy atom. The summed E-state index contributed by atoms with van der Waals surface area (Å²) in [7, 11) is 0. The Morgan fingerprint density at radius 1 is 1.14 bits per heavy atom. The van der Waals surface area contributed by atoms with Gasteiger partial charge in [-0.25, -0.2) is 9.18 Å². The largest absolute Gasteiger partial charge is 0.389 e. The highest BCUT2D eigenvalue weighted by molar-refractivity contribution is 7.80. The SMILES string of the molecule is NC(=S)c1ccc(Cl)cc1NC(=O)Nc1ccccc1F. The summed E-state index contributed by atoms with van der Waals surface area (Å²) in [4.78, 5) is 12.0. The van der Waals surface area contributed by atoms with Crippen molar-refractivity contribution in [3.05, 3.63) is 58.9 Å². The summed E-state index contributed by atoms with van der Waals surface area (Å²) in [6.45, 7) is 0. The van der Waals surface area contributed by atoms with Crippen molar-refractivity contribution in [1.82, 2.24) is 0 Å². The Bertz CT molecular complexity index is 708. The number of nitrogens with one attached hydrogen (secondary N) is 2. The van der Waals surface area contributed by atoms with Crippen LogP contribution in [0.5, 0.6) is 0 Å². The van der Waals surface area contributed by atoms with Crippen molar-refractivity contribution in [3.8, 4) is 0 Å². The van der Waals surface area contributed by atoms with Crippen molar-refractivity contribution in [1.29, 1.82) is 0 Å². The van der Waals surface area contributed by atoms with Crippen molar-refractivity contribution in [3.63, 3.8) is 0 Å². The van der Waals surface area contributed by atoms with E-state index in [0.29, 0.717) is 16.3 Å². The number of benzene rings is 2. The topological polar surface area (TPSA) is 67.1 Å². The van der Waals surface area contributed by atoms with Crippen molar-refractivity contribution >= 4 is 46.2 Å². The minimum Gasteiger partial charge on any atom is -0.389 e. The molecule has 2 aromatic rings. The molecule has 108 valence electrons. The number of anilines is 2. The maximum Gasteiger partial charge on any atom is 0.323 e. The molecule has 0 fully saturated rings. The van der Waals surface area contributed by atoms with Crippen LogP contribution in [0.4, 0.5) is 20.6 Å². The van der Waals surface area contributed by atoms with Gasteiger partial charge >= 0.3 is 6.03 Å². The van der Waals surface area contributed by atoms with Crippen LogP contribution in [-0.2, 0) is 0 Å². The molecule has 4 nitrogen and oxygen atoms in total. The normalized spacial score (nSPS) is 10.0. The van der Waals surface area contributed by atoms with Gasteiger partial charge in [-0.1, -0.05) is 36.0 Å². The van der Waals surface area contributed by atoms with E-state index in [4.69, 9.17) is 29.6 Å². The van der Waals surface area contributed by atoms with Crippen LogP contribution < -0.4 is 16.4 Å². The zero-order valence-electron chi connectivity index (χ0n) is 10.7. The van der Waals surface area contributed by atoms with Gasteiger partial charge in [-0.15, -0.1) is 0 Å². The van der Waals surface area contributed by atoms with Crippen molar-refractivity contribution in [2.45, 2.75) is 0 Å². The lowest BCUT2D eigenvalue weighted by molar-refractivity contribution is 0.262. The zero-order valence-corrected chi connectivity index (χ0v) is 12.3. The first kappa shape index (κ1) is 15.2. The van der Waals surface area contributed by atoms with E-state index in [1.807, 2.05) is 0 Å². The van der Waals surface area contributed by atoms with Crippen LogP contribution in [0.3, 0.4) is 0 Å². The molecule has 0 bridgehead atoms. The summed E-state index contributed by atoms with van der Waals surface area (Å²) in [6.07, 6.45) is 0. The minimum absolute atomic E-state index is 0.0638. The molecule has 0 aliphatic carbocycles. The van der Waals surface area contributed by atoms with E-state index in [2.05, 4.69) is 10.6 Å². The molecule has 0 aliphatic rings. The average Bonchev–Trinajstić information content (AvgIpc) is 2.41. The van der Waals surface area contributed by atoms with Gasteiger partial charge in [-0.3, -0.25) is 0 Å². The maximum atomic E-state index is 13.5. The smallest absolute Gasteiger partial charge is 0.323 e. The third-order valence-corrected chi connectivity index (χ3v) is 3.07. The summed E-state index contributed by atoms with van der Waals surface area (Å²) in [5.74, 6) is -0.534. The molecule has 0 unspecified atom stereocenters. The molecule has 7 heteroatoms. The Balaban J connectivity index is 2.18. The molecular weight excluding hydrogens is 313 g/mol. The van der Waals surface area contributed by atoms with Crippen LogP contribution in [0.1, 0.15) is 5.56 Å². The second-order valence-electron chi connectivity index (χ2n) is 4.11. The van der Waals surface area contributed by atoms with Gasteiger partial charge in [-0.2, -0.15) is 0 Å². The average molecular weight is 324 g/mol. The molecule has 4 N–H and O–H groups in total. The van der Waals surface area contributed by atoms with Crippen molar-refractivity contribution in [2.24, 2.45) is 5.73 Å². The Morgan fingerprint density at radius 3 is 2.48 bits per heavy atom. The number of carbonyl (C=O) groups excluding carboxylic acids is 1. The van der Waals surface area contributed by atoms with E-state index in [1.165, 1.54) is 24.3 Å². The quantitative estimate of drug-likeness (QED) is 0.753. The van der Waals surface area contributed by atoms with E-state index in [0.717, 1.165) is 0 Å². The third-order valence-electron chi connectivity index (χ3n) is 2.62. The molecule has 2 aromatic carbocycles. The molecule has 0 spiro atoms. The monoisotopic (exact) mass is 323 g/mol. The lowest BCUT2D eigenvalue weighted by Crippen LogP contribution is -2.22. The Hall–Kier alpha value is -2.18. The number of hydrogen-bond donors (Lipinski definition) is 3. The summed E-state index contributed by atoms with van der Waals surface area (Å²) >= 11 is 10.8. The first-order chi connectivity index (χ1) is 9.97. The number of para-hydroxylation sites is 1. The van der Waals surface area contributed by atoms with E-state index >= 15 is 0 Å². The lowest BCUT2D eigenvalue weighted by Gasteiger charge is -2.12. The van der Waals surface area contributed by atoms with Gasteiger partial charge in [-0.05, 0) is 30.3 Å². The highest BCUT2D eigenvalue weighted by atomic mass is 35.5. The maximum absolute atomic E-state index is 13.5. The number of rotatable bonds is 3. The molecule has 0 aliphatic heterocycles. The molecule has 0 radical (unpaired) electrons. The molecule has 0 atom stereocenters. The van der Waals surface area contributed by atoms with E-state index < -0.39 is 11.8 Å². The van der Waals surface area contributed by atoms with Gasteiger partial charge in [0.1, 0.15) is 10.8 Å². The Labute approximate surface area is 131 Å². The fourth-order valence-corrected chi connectivity index (χ4v) is 2.02. The standard InChI is InChI=1S/C14H11ClFN3OS/c15-8-5-6-9(13(17)21)12(7-8)19-14(20)18-11-4-2-1-3-10(11)16/h1-7H,(H2,17,21)(H2,18,19,20). The first-order valence-electron chi connectivity index (χ1n) is 5.89. The number of carbonyl (C=O) groups is 1. The van der Waals surface area contributed by atoms with E-state index in [1.54, 1.807) is 18.2 Å². The molecule has 0 saturated carbocycles. The van der Waals surface area contributed by atoms with Gasteiger partial charge in [0, 0.05) is 10.6 Å². The van der Waals surface area contributed by atoms with Gasteiger partial charge < -0.3 is 16.4 Å². The fourth-order valence-electron chi connectivity index (χ4n) is 1.67. The summed E-state index contributed by atoms with van der Waals surface area (Å²) in [6, 6.07) is 9.92. The fraction of sp³-hybridized carbons (Fsp3) is 0. The van der Waals surface area contributed by atoms with Gasteiger partial charge in [0.15, 0.2) is 0 Å². The zero-order chi connectivity index (χ0) is 15.4. The van der Waals surface area contributed by atoms with Gasteiger partial charge in [0.2, 0.25) is 0 Å². The first-order valence-corrected chi connectivity index (χ1v) is 6.68. The highest BCUT2D eigenvalue weighted by Gasteiger charge is 2.11. The highest BCUT2D eigenvalue weighted by Crippen LogP contribution is 2.21. The summed E-state index contributed by atoms with van der Waals surface area (Å²) in [5, 5.41) is 5.34. The molecule has 0 aromatic heterocycles. The van der Waals surface area contributed by atoms with Crippen LogP contribution in [0, 0.1) is 5.82 Å². The molecule has 0 saturated heterocycles. The predicted molar refractivity (Wildman–Crippen MR) is 86.4 cm³/mol. The van der Waals surface area contributed by atoms with E-state index in [9.17, 15) is 9.18 Å². The number of halogens is 2. The Kier molecular flexibility index (Phi) is 4.72. The number of thiocarbonyl (C=S) groups is 1. The second-order valence-corrected chi connectivity index (χ2v) is 4.99. The van der Waals surface area contributed by atoms with E-state index in [-0.39, 0.29) is 10.7 Å². The predicted octanol–water partition coefficient (Wildman–Crippen LogP) is 3.76. The van der Waals surface area contributed by atoms with Crippen molar-refractivity contribution in [2.75, 3.05) is 10.6 Å². The number of hydrogen-bond acceptors (Lipinski definition) is 2. The van der Waals surface area contributed by atoms with Crippen LogP contribution in [0.25, 0.3) is 0 Å². The van der Waals surface area contributed by atoms with Gasteiger partial charge in [0.05, 0.1) is 11.4 Å². The van der Waals surface area contributed by atoms with Crippen molar-refractivity contribution < 1.29 is 9.18 Å². The summed E-state index contributed by atoms with van der Waals surface area (Å²) < 4.78 is 13.5. The molecule has 2 rings (SSSR count). The third kappa shape index (κ3) is 3.90. The van der Waals surface area contributed by atoms with Crippen LogP contribution >= 0.6 is 23.8 Å².